The third-order valence-corrected chi connectivity index (χ3v) is 12.7. The molecule has 5 N–H and O–H groups in total. The normalized spacial score (nSPS) is 13.8. The number of aliphatic hydroxyl groups excluding tert-OH is 1. The maximum Gasteiger partial charge on any atom is 0.472 e. The lowest BCUT2D eigenvalue weighted by molar-refractivity contribution is -0.123. The van der Waals surface area contributed by atoms with Crippen molar-refractivity contribution in [2.75, 3.05) is 19.8 Å². The number of carbonyl (C=O) groups is 1. The highest BCUT2D eigenvalue weighted by Crippen LogP contribution is 2.43. The molecule has 0 spiro atoms. The van der Waals surface area contributed by atoms with Gasteiger partial charge in [0.1, 0.15) is 0 Å². The highest BCUT2D eigenvalue weighted by atomic mass is 31.2. The number of hydrogen-bond acceptors (Lipinski definition) is 6. The second kappa shape index (κ2) is 45.0. The Morgan fingerprint density at radius 2 is 0.807 bits per heavy atom. The van der Waals surface area contributed by atoms with Crippen molar-refractivity contribution in [2.24, 2.45) is 5.73 Å². The first-order chi connectivity index (χ1) is 27.9. The van der Waals surface area contributed by atoms with Crippen molar-refractivity contribution >= 4 is 13.7 Å². The van der Waals surface area contributed by atoms with Gasteiger partial charge in [0.05, 0.1) is 25.4 Å². The van der Waals surface area contributed by atoms with E-state index >= 15 is 0 Å². The van der Waals surface area contributed by atoms with E-state index in [0.29, 0.717) is 12.8 Å². The summed E-state index contributed by atoms with van der Waals surface area (Å²) in [6.45, 7) is 4.23. The van der Waals surface area contributed by atoms with Gasteiger partial charge < -0.3 is 21.1 Å². The largest absolute Gasteiger partial charge is 0.472 e. The van der Waals surface area contributed by atoms with Gasteiger partial charge >= 0.3 is 7.82 Å². The van der Waals surface area contributed by atoms with Crippen LogP contribution in [-0.4, -0.2) is 47.8 Å². The number of amides is 1. The molecule has 0 radical (unpaired) electrons. The van der Waals surface area contributed by atoms with Gasteiger partial charge in [-0.05, 0) is 12.8 Å². The lowest BCUT2D eigenvalue weighted by atomic mass is 10.0. The smallest absolute Gasteiger partial charge is 0.391 e. The quantitative estimate of drug-likeness (QED) is 0.0355. The van der Waals surface area contributed by atoms with Crippen LogP contribution in [0.3, 0.4) is 0 Å². The van der Waals surface area contributed by atoms with Crippen molar-refractivity contribution in [3.8, 4) is 0 Å². The van der Waals surface area contributed by atoms with Gasteiger partial charge in [-0.15, -0.1) is 0 Å². The fraction of sp³-hybridized carbons (Fsp3) is 0.979. The average molecular weight is 831 g/mol. The van der Waals surface area contributed by atoms with Gasteiger partial charge in [-0.2, -0.15) is 0 Å². The van der Waals surface area contributed by atoms with E-state index in [9.17, 15) is 19.4 Å². The highest BCUT2D eigenvalue weighted by Gasteiger charge is 2.27. The maximum atomic E-state index is 12.8. The van der Waals surface area contributed by atoms with E-state index in [1.54, 1.807) is 0 Å². The Labute approximate surface area is 354 Å². The number of hydrogen-bond donors (Lipinski definition) is 4. The monoisotopic (exact) mass is 831 g/mol. The van der Waals surface area contributed by atoms with E-state index in [2.05, 4.69) is 19.2 Å². The van der Waals surface area contributed by atoms with E-state index in [4.69, 9.17) is 14.8 Å². The minimum atomic E-state index is -4.31. The lowest BCUT2D eigenvalue weighted by Crippen LogP contribution is -2.46. The van der Waals surface area contributed by atoms with E-state index < -0.39 is 20.0 Å². The third-order valence-electron chi connectivity index (χ3n) is 11.7. The number of phosphoric ester groups is 1. The summed E-state index contributed by atoms with van der Waals surface area (Å²) in [5.74, 6) is -0.156. The predicted octanol–water partition coefficient (Wildman–Crippen LogP) is 14.6. The van der Waals surface area contributed by atoms with Crippen molar-refractivity contribution < 1.29 is 28.4 Å². The molecule has 0 bridgehead atoms. The molecule has 0 aliphatic heterocycles. The number of unbranched alkanes of at least 4 members (excludes halogenated alkanes) is 36. The fourth-order valence-corrected chi connectivity index (χ4v) is 8.66. The van der Waals surface area contributed by atoms with Gasteiger partial charge in [-0.3, -0.25) is 13.8 Å². The molecule has 0 saturated carbocycles. The van der Waals surface area contributed by atoms with Crippen molar-refractivity contribution in [3.63, 3.8) is 0 Å². The molecule has 0 rings (SSSR count). The molecular weight excluding hydrogens is 732 g/mol. The summed E-state index contributed by atoms with van der Waals surface area (Å²) in [7, 11) is -4.31. The van der Waals surface area contributed by atoms with Crippen LogP contribution in [0.25, 0.3) is 0 Å². The summed E-state index contributed by atoms with van der Waals surface area (Å²) < 4.78 is 22.2. The van der Waals surface area contributed by atoms with Crippen LogP contribution in [0.15, 0.2) is 0 Å². The number of aliphatic hydroxyl groups is 1. The highest BCUT2D eigenvalue weighted by molar-refractivity contribution is 7.47. The van der Waals surface area contributed by atoms with Crippen LogP contribution in [0.1, 0.15) is 271 Å². The van der Waals surface area contributed by atoms with Gasteiger partial charge in [-0.1, -0.05) is 251 Å². The van der Waals surface area contributed by atoms with Crippen LogP contribution in [0.4, 0.5) is 0 Å². The lowest BCUT2D eigenvalue weighted by Gasteiger charge is -2.25. The molecule has 0 aliphatic carbocycles. The fourth-order valence-electron chi connectivity index (χ4n) is 7.90. The molecule has 0 fully saturated rings. The van der Waals surface area contributed by atoms with E-state index in [0.717, 1.165) is 38.5 Å². The second-order valence-electron chi connectivity index (χ2n) is 17.4. The summed E-state index contributed by atoms with van der Waals surface area (Å²) in [6.07, 6.45) is 50.1. The zero-order valence-corrected chi connectivity index (χ0v) is 39.0. The molecule has 342 valence electrons. The first-order valence-electron chi connectivity index (χ1n) is 25.2. The number of carbonyl (C=O) groups excluding carboxylic acids is 1. The molecule has 1 amide bonds. The number of phosphoric acid groups is 1. The van der Waals surface area contributed by atoms with E-state index in [1.165, 1.54) is 205 Å². The average Bonchev–Trinajstić information content (AvgIpc) is 3.20. The Bertz CT molecular complexity index is 865. The van der Waals surface area contributed by atoms with E-state index in [1.807, 2.05) is 0 Å². The second-order valence-corrected chi connectivity index (χ2v) is 18.8. The Morgan fingerprint density at radius 1 is 0.509 bits per heavy atom. The Morgan fingerprint density at radius 3 is 1.12 bits per heavy atom. The van der Waals surface area contributed by atoms with Crippen LogP contribution in [0, 0.1) is 0 Å². The molecule has 0 heterocycles. The minimum Gasteiger partial charge on any atom is -0.391 e. The van der Waals surface area contributed by atoms with Gasteiger partial charge in [0, 0.05) is 13.0 Å². The molecule has 0 aromatic heterocycles. The molecule has 9 heteroatoms. The predicted molar refractivity (Wildman–Crippen MR) is 245 cm³/mol. The van der Waals surface area contributed by atoms with Gasteiger partial charge in [-0.25, -0.2) is 4.57 Å². The molecule has 0 aromatic carbocycles. The maximum absolute atomic E-state index is 12.8. The van der Waals surface area contributed by atoms with Crippen LogP contribution < -0.4 is 11.1 Å². The topological polar surface area (TPSA) is 131 Å². The number of nitrogens with two attached hydrogens (primary N) is 1. The number of rotatable bonds is 48. The Kier molecular flexibility index (Phi) is 44.6. The standard InChI is InChI=1S/C48H99N2O6P/c1-3-5-7-9-11-13-15-16-17-18-19-20-21-22-23-24-25-26-27-28-29-30-31-32-34-36-38-40-42-48(52)50-46(45-56-57(53,54)55-44-43-49)47(51)41-39-37-35-33-14-12-10-8-6-4-2/h46-47,51H,3-45,49H2,1-2H3,(H,50,52)(H,53,54)/t46-,47+/m0/s1. The molecule has 1 unspecified atom stereocenters. The molecular formula is C48H99N2O6P. The minimum absolute atomic E-state index is 0.0924. The van der Waals surface area contributed by atoms with Gasteiger partial charge in [0.2, 0.25) is 5.91 Å². The van der Waals surface area contributed by atoms with E-state index in [-0.39, 0.29) is 25.7 Å². The van der Waals surface area contributed by atoms with Crippen LogP contribution in [0.5, 0.6) is 0 Å². The summed E-state index contributed by atoms with van der Waals surface area (Å²) in [5.41, 5.74) is 5.38. The summed E-state index contributed by atoms with van der Waals surface area (Å²) in [5, 5.41) is 13.8. The SMILES string of the molecule is CCCCCCCCCCCCCCCCCCCCCCCCCCCCCCC(=O)N[C@@H](COP(=O)(O)OCCN)[C@H](O)CCCCCCCCCCCC. The summed E-state index contributed by atoms with van der Waals surface area (Å²) in [4.78, 5) is 22.7. The number of nitrogens with one attached hydrogen (secondary N) is 1. The van der Waals surface area contributed by atoms with Crippen molar-refractivity contribution in [1.82, 2.24) is 5.32 Å². The van der Waals surface area contributed by atoms with Crippen molar-refractivity contribution in [2.45, 2.75) is 283 Å². The molecule has 0 aliphatic rings. The summed E-state index contributed by atoms with van der Waals surface area (Å²) in [6, 6.07) is -0.767. The molecule has 8 nitrogen and oxygen atoms in total. The first-order valence-corrected chi connectivity index (χ1v) is 26.6. The summed E-state index contributed by atoms with van der Waals surface area (Å²) >= 11 is 0. The van der Waals surface area contributed by atoms with Crippen molar-refractivity contribution in [3.05, 3.63) is 0 Å². The van der Waals surface area contributed by atoms with Gasteiger partial charge in [0.25, 0.3) is 0 Å². The zero-order valence-electron chi connectivity index (χ0n) is 38.1. The first kappa shape index (κ1) is 56.5. The molecule has 3 atom stereocenters. The Hall–Kier alpha value is -0.500. The molecule has 0 aromatic rings. The van der Waals surface area contributed by atoms with Crippen molar-refractivity contribution in [1.29, 1.82) is 0 Å². The van der Waals surface area contributed by atoms with Gasteiger partial charge in [0.15, 0.2) is 0 Å². The zero-order chi connectivity index (χ0) is 41.8. The van der Waals surface area contributed by atoms with Crippen LogP contribution in [-0.2, 0) is 18.4 Å². The molecule has 0 saturated heterocycles. The Balaban J connectivity index is 3.82. The molecule has 57 heavy (non-hydrogen) atoms. The van der Waals surface area contributed by atoms with Crippen LogP contribution in [0.2, 0.25) is 0 Å². The third kappa shape index (κ3) is 43.4. The van der Waals surface area contributed by atoms with Crippen LogP contribution >= 0.6 is 7.82 Å².